The molecule has 27 nitrogen and oxygen atoms in total. The molecule has 99 heavy (non-hydrogen) atoms. The van der Waals surface area contributed by atoms with Gasteiger partial charge in [0.05, 0.1) is 40.5 Å². The summed E-state index contributed by atoms with van der Waals surface area (Å²) in [7, 11) is 6.42. The number of carbonyl (C=O) groups is 6. The molecule has 7 N–H and O–H groups in total. The molecule has 6 unspecified atom stereocenters. The second-order valence-electron chi connectivity index (χ2n) is 29.0. The van der Waals surface area contributed by atoms with Gasteiger partial charge in [0.25, 0.3) is 0 Å². The number of halogens is 3. The molecule has 6 aliphatic heterocycles. The summed E-state index contributed by atoms with van der Waals surface area (Å²) in [5, 5.41) is 9.09. The SMILES string of the molecule is CC(C)(C)OC(=O)N1CC2CCNC2C1.COc1cc(Br)nc(Br)c1.COc1cc(Br)nc(NC(=O)C2CC2)c1.COc1cc(N)nc(N2CCC3CN(C(=O)OC(C)(C)C)CC32)c1.COc1cc(NC(=O)C2CC2)nc(N2CCC3CN(C(=O)OC(C)(C)C)CC32)c1.NC(=O)C1CC1. The molecule has 6 amide bonds. The molecule has 4 aromatic rings. The lowest BCUT2D eigenvalue weighted by molar-refractivity contribution is -0.119. The van der Waals surface area contributed by atoms with E-state index in [1.54, 1.807) is 74.6 Å². The molecule has 6 atom stereocenters. The number of nitrogens with zero attached hydrogens (tertiary/aromatic N) is 9. The van der Waals surface area contributed by atoms with E-state index in [0.717, 1.165) is 117 Å². The monoisotopic (exact) mass is 1570 g/mol. The van der Waals surface area contributed by atoms with Gasteiger partial charge in [0.15, 0.2) is 0 Å². The van der Waals surface area contributed by atoms with Gasteiger partial charge in [-0.3, -0.25) is 14.4 Å². The molecule has 6 saturated heterocycles. The highest BCUT2D eigenvalue weighted by Crippen LogP contribution is 2.40. The molecule has 13 rings (SSSR count). The third-order valence-corrected chi connectivity index (χ3v) is 18.6. The van der Waals surface area contributed by atoms with Crippen LogP contribution in [0, 0.1) is 35.5 Å². The number of likely N-dealkylation sites (tertiary alicyclic amines) is 3. The van der Waals surface area contributed by atoms with Crippen LogP contribution in [-0.4, -0.2) is 193 Å². The van der Waals surface area contributed by atoms with Crippen LogP contribution in [-0.2, 0) is 28.6 Å². The number of nitrogens with one attached hydrogen (secondary N) is 3. The molecular weight excluding hydrogens is 1470 g/mol. The van der Waals surface area contributed by atoms with Gasteiger partial charge in [0, 0.05) is 137 Å². The van der Waals surface area contributed by atoms with E-state index in [1.807, 2.05) is 79.3 Å². The minimum atomic E-state index is -0.502. The van der Waals surface area contributed by atoms with Crippen molar-refractivity contribution in [1.82, 2.24) is 40.0 Å². The van der Waals surface area contributed by atoms with E-state index < -0.39 is 11.2 Å². The molecule has 0 aromatic carbocycles. The van der Waals surface area contributed by atoms with Crippen LogP contribution in [0.3, 0.4) is 0 Å². The minimum absolute atomic E-state index is 0.0213. The summed E-state index contributed by atoms with van der Waals surface area (Å²) >= 11 is 9.72. The van der Waals surface area contributed by atoms with Crippen molar-refractivity contribution in [3.63, 3.8) is 0 Å². The fourth-order valence-electron chi connectivity index (χ4n) is 12.1. The number of rotatable bonds is 11. The Hall–Kier alpha value is -7.18. The van der Waals surface area contributed by atoms with E-state index in [1.165, 1.54) is 6.42 Å². The van der Waals surface area contributed by atoms with Gasteiger partial charge in [-0.05, 0) is 180 Å². The zero-order chi connectivity index (χ0) is 72.3. The van der Waals surface area contributed by atoms with E-state index in [2.05, 4.69) is 93.5 Å². The summed E-state index contributed by atoms with van der Waals surface area (Å²) in [6.45, 7) is 24.2. The Kier molecular flexibility index (Phi) is 26.6. The largest absolute Gasteiger partial charge is 0.497 e. The van der Waals surface area contributed by atoms with Gasteiger partial charge in [0.1, 0.15) is 82.7 Å². The number of aromatic nitrogens is 4. The van der Waals surface area contributed by atoms with E-state index in [4.69, 9.17) is 44.6 Å². The molecule has 30 heteroatoms. The van der Waals surface area contributed by atoms with Crippen molar-refractivity contribution in [1.29, 1.82) is 0 Å². The minimum Gasteiger partial charge on any atom is -0.497 e. The Morgan fingerprint density at radius 1 is 0.465 bits per heavy atom. The maximum atomic E-state index is 12.5. The van der Waals surface area contributed by atoms with Gasteiger partial charge < -0.3 is 85.1 Å². The third kappa shape index (κ3) is 24.0. The zero-order valence-corrected chi connectivity index (χ0v) is 63.9. The molecule has 10 heterocycles. The summed E-state index contributed by atoms with van der Waals surface area (Å²) in [5.74, 6) is 7.80. The molecule has 544 valence electrons. The van der Waals surface area contributed by atoms with Crippen LogP contribution in [0.5, 0.6) is 23.0 Å². The summed E-state index contributed by atoms with van der Waals surface area (Å²) in [4.78, 5) is 97.4. The van der Waals surface area contributed by atoms with Gasteiger partial charge >= 0.3 is 18.3 Å². The quantitative estimate of drug-likeness (QED) is 0.0688. The molecule has 0 spiro atoms. The van der Waals surface area contributed by atoms with Crippen molar-refractivity contribution in [2.24, 2.45) is 41.2 Å². The Bertz CT molecular complexity index is 3440. The number of anilines is 5. The Balaban J connectivity index is 0.000000160. The highest BCUT2D eigenvalue weighted by Gasteiger charge is 2.47. The first kappa shape index (κ1) is 77.6. The number of ether oxygens (including phenoxy) is 7. The van der Waals surface area contributed by atoms with Crippen molar-refractivity contribution in [2.75, 3.05) is 114 Å². The Morgan fingerprint density at radius 3 is 1.23 bits per heavy atom. The van der Waals surface area contributed by atoms with Gasteiger partial charge in [-0.25, -0.2) is 34.3 Å². The van der Waals surface area contributed by atoms with Crippen LogP contribution >= 0.6 is 47.8 Å². The molecule has 3 aliphatic carbocycles. The summed E-state index contributed by atoms with van der Waals surface area (Å²) in [6, 6.07) is 15.2. The van der Waals surface area contributed by atoms with Crippen LogP contribution in [0.2, 0.25) is 0 Å². The lowest BCUT2D eigenvalue weighted by Gasteiger charge is -2.28. The number of methoxy groups -OCH3 is 4. The fourth-order valence-corrected chi connectivity index (χ4v) is 13.6. The van der Waals surface area contributed by atoms with Crippen molar-refractivity contribution >= 4 is 113 Å². The number of hydrogen-bond acceptors (Lipinski definition) is 21. The molecular formula is C69H99Br3N14O13. The number of primary amides is 1. The summed E-state index contributed by atoms with van der Waals surface area (Å²) < 4.78 is 39.3. The van der Waals surface area contributed by atoms with E-state index in [-0.39, 0.29) is 71.4 Å². The molecule has 0 radical (unpaired) electrons. The topological polar surface area (TPSA) is 323 Å². The average Bonchev–Trinajstić information content (AvgIpc) is 1.64. The van der Waals surface area contributed by atoms with Crippen LogP contribution in [0.25, 0.3) is 0 Å². The number of pyridine rings is 4. The maximum Gasteiger partial charge on any atom is 0.410 e. The first-order chi connectivity index (χ1) is 46.7. The average molecular weight is 1570 g/mol. The lowest BCUT2D eigenvalue weighted by Crippen LogP contribution is -2.39. The van der Waals surface area contributed by atoms with Crippen LogP contribution < -0.4 is 56.2 Å². The highest BCUT2D eigenvalue weighted by molar-refractivity contribution is 9.11. The summed E-state index contributed by atoms with van der Waals surface area (Å²) in [6.07, 6.45) is 8.44. The molecule has 0 bridgehead atoms. The number of nitrogen functional groups attached to an aromatic ring is 1. The summed E-state index contributed by atoms with van der Waals surface area (Å²) in [5.41, 5.74) is 9.38. The molecule has 4 aromatic heterocycles. The molecule has 9 aliphatic rings. The maximum absolute atomic E-state index is 12.5. The van der Waals surface area contributed by atoms with Crippen LogP contribution in [0.15, 0.2) is 62.3 Å². The van der Waals surface area contributed by atoms with E-state index in [9.17, 15) is 28.8 Å². The first-order valence-electron chi connectivity index (χ1n) is 33.7. The van der Waals surface area contributed by atoms with Gasteiger partial charge in [-0.15, -0.1) is 0 Å². The third-order valence-electron chi connectivity index (χ3n) is 17.4. The number of nitrogens with two attached hydrogens (primary N) is 2. The molecule has 3 saturated carbocycles. The van der Waals surface area contributed by atoms with Crippen molar-refractivity contribution in [3.05, 3.63) is 62.3 Å². The molecule has 9 fully saturated rings. The van der Waals surface area contributed by atoms with Crippen LogP contribution in [0.1, 0.15) is 120 Å². The number of fused-ring (bicyclic) bond motifs is 3. The smallest absolute Gasteiger partial charge is 0.410 e. The highest BCUT2D eigenvalue weighted by atomic mass is 79.9. The normalized spacial score (nSPS) is 21.7. The predicted molar refractivity (Wildman–Crippen MR) is 387 cm³/mol. The fraction of sp³-hybridized carbons (Fsp3) is 0.623. The Morgan fingerprint density at radius 2 is 0.838 bits per heavy atom. The van der Waals surface area contributed by atoms with Gasteiger partial charge in [0.2, 0.25) is 17.7 Å². The standard InChI is InChI=1S/C21H30N4O4.C17H26N4O3.C11H20N2O2.C10H11BrN2O2.C6H5Br2NO.C4H7NO/c1-21(2,3)29-20(27)24-11-14-7-8-25(16(14)12-24)18-10-15(28-4)9-17(22-18)23-19(26)13-5-6-13;1-17(2,3)24-16(22)20-9-11-5-6-21(13(11)10-20)15-8-12(23-4)7-14(18)19-15;1-11(2,3)15-10(14)13-6-8-4-5-12-9(8)7-13;1-15-7-4-8(11)12-9(5-7)13-10(14)6-2-3-6;1-10-4-2-5(7)9-6(8)3-4;5-4(6)3-1-2-3/h9-10,13-14,16H,5-8,11-12H2,1-4H3,(H,22,23,26);7-8,11,13H,5-6,9-10H2,1-4H3,(H2,18,19);8-9,12H,4-7H2,1-3H3;4-6H,2-3H2,1H3,(H,12,13,14);2-3H,1H3;3H,1-2H2,(H2,5,6). The number of hydrogen-bond donors (Lipinski definition) is 5. The van der Waals surface area contributed by atoms with Gasteiger partial charge in [-0.1, -0.05) is 0 Å². The first-order valence-corrected chi connectivity index (χ1v) is 36.1. The zero-order valence-electron chi connectivity index (χ0n) is 59.2. The van der Waals surface area contributed by atoms with Crippen molar-refractivity contribution < 1.29 is 61.9 Å². The number of carbonyl (C=O) groups excluding carboxylic acids is 6. The van der Waals surface area contributed by atoms with Crippen LogP contribution in [0.4, 0.5) is 43.5 Å². The number of amides is 6. The second-order valence-corrected chi connectivity index (χ2v) is 31.4. The van der Waals surface area contributed by atoms with Gasteiger partial charge in [-0.2, -0.15) is 0 Å². The second kappa shape index (κ2) is 34.0. The lowest BCUT2D eigenvalue weighted by atomic mass is 10.1. The van der Waals surface area contributed by atoms with E-state index in [0.29, 0.717) is 82.7 Å². The van der Waals surface area contributed by atoms with Crippen molar-refractivity contribution in [3.8, 4) is 23.0 Å². The van der Waals surface area contributed by atoms with Crippen molar-refractivity contribution in [2.45, 2.75) is 155 Å². The Labute approximate surface area is 606 Å². The van der Waals surface area contributed by atoms with E-state index >= 15 is 0 Å². The predicted octanol–water partition coefficient (Wildman–Crippen LogP) is 10.9.